The van der Waals surface area contributed by atoms with E-state index in [1.54, 1.807) is 33.3 Å². The van der Waals surface area contributed by atoms with Gasteiger partial charge in [-0.15, -0.1) is 0 Å². The maximum absolute atomic E-state index is 13.5. The van der Waals surface area contributed by atoms with Gasteiger partial charge in [-0.25, -0.2) is 13.1 Å². The number of allylic oxidation sites excluding steroid dienone is 1. The van der Waals surface area contributed by atoms with Gasteiger partial charge in [0.25, 0.3) is 5.91 Å². The van der Waals surface area contributed by atoms with Gasteiger partial charge in [0.1, 0.15) is 11.4 Å². The van der Waals surface area contributed by atoms with Crippen LogP contribution < -0.4 is 14.4 Å². The number of carbonyl (C=O) groups is 1. The van der Waals surface area contributed by atoms with E-state index in [1.165, 1.54) is 11.1 Å². The minimum Gasteiger partial charge on any atom is -0.490 e. The van der Waals surface area contributed by atoms with Crippen molar-refractivity contribution >= 4 is 33.2 Å². The van der Waals surface area contributed by atoms with Crippen molar-refractivity contribution in [3.63, 3.8) is 0 Å². The third-order valence-electron chi connectivity index (χ3n) is 11.2. The van der Waals surface area contributed by atoms with Crippen LogP contribution in [0.3, 0.4) is 0 Å². The number of anilines is 1. The second kappa shape index (κ2) is 14.1. The van der Waals surface area contributed by atoms with Crippen molar-refractivity contribution < 1.29 is 27.4 Å². The maximum Gasteiger partial charge on any atom is 0.264 e. The van der Waals surface area contributed by atoms with Crippen LogP contribution in [0.15, 0.2) is 48.6 Å². The molecule has 2 aromatic carbocycles. The monoisotopic (exact) mass is 694 g/mol. The molecule has 1 spiro atoms. The summed E-state index contributed by atoms with van der Waals surface area (Å²) in [6.45, 7) is 5.95. The van der Waals surface area contributed by atoms with Crippen LogP contribution in [0.2, 0.25) is 5.02 Å². The lowest BCUT2D eigenvalue weighted by atomic mass is 9.64. The molecular weight excluding hydrogens is 648 g/mol. The maximum atomic E-state index is 13.5. The molecule has 2 bridgehead atoms. The van der Waals surface area contributed by atoms with Gasteiger partial charge in [-0.3, -0.25) is 4.79 Å². The second-order valence-electron chi connectivity index (χ2n) is 14.1. The van der Waals surface area contributed by atoms with Gasteiger partial charge in [0, 0.05) is 55.6 Å². The van der Waals surface area contributed by atoms with Crippen molar-refractivity contribution in [2.75, 3.05) is 45.4 Å². The fourth-order valence-corrected chi connectivity index (χ4v) is 9.49. The molecule has 2 aliphatic heterocycles. The average Bonchev–Trinajstić information content (AvgIpc) is 3.20. The van der Waals surface area contributed by atoms with E-state index in [1.807, 2.05) is 31.2 Å². The van der Waals surface area contributed by atoms with Crippen LogP contribution in [0.1, 0.15) is 73.9 Å². The molecule has 2 aromatic rings. The fraction of sp³-hybridized carbons (Fsp3) is 0.553. The van der Waals surface area contributed by atoms with Crippen molar-refractivity contribution in [3.05, 3.63) is 70.3 Å². The molecule has 0 unspecified atom stereocenters. The topological polar surface area (TPSA) is 94.2 Å². The molecule has 0 aromatic heterocycles. The number of halogens is 1. The number of ether oxygens (including phenoxy) is 3. The average molecular weight is 695 g/mol. The zero-order valence-corrected chi connectivity index (χ0v) is 30.0. The van der Waals surface area contributed by atoms with E-state index in [0.29, 0.717) is 44.9 Å². The number of methoxy groups -OCH3 is 2. The summed E-state index contributed by atoms with van der Waals surface area (Å²) in [5.74, 6) is 6.95. The zero-order valence-electron chi connectivity index (χ0n) is 28.4. The zero-order chi connectivity index (χ0) is 34.1. The van der Waals surface area contributed by atoms with Gasteiger partial charge in [0.15, 0.2) is 0 Å². The highest BCUT2D eigenvalue weighted by molar-refractivity contribution is 7.90. The number of fused-ring (bicyclic) bond motifs is 4. The molecule has 1 saturated carbocycles. The number of nitrogens with one attached hydrogen (secondary N) is 1. The first-order valence-electron chi connectivity index (χ1n) is 17.1. The fourth-order valence-electron chi connectivity index (χ4n) is 8.01. The molecule has 10 heteroatoms. The minimum atomic E-state index is -3.96. The summed E-state index contributed by atoms with van der Waals surface area (Å²) in [5, 5.41) is -0.0728. The molecule has 2 heterocycles. The number of aryl methyl sites for hydroxylation is 1. The Balaban J connectivity index is 1.46. The van der Waals surface area contributed by atoms with E-state index in [2.05, 4.69) is 33.6 Å². The van der Waals surface area contributed by atoms with E-state index in [-0.39, 0.29) is 28.7 Å². The second-order valence-corrected chi connectivity index (χ2v) is 16.5. The number of carbonyl (C=O) groups excluding carboxylic acids is 1. The predicted molar refractivity (Wildman–Crippen MR) is 189 cm³/mol. The summed E-state index contributed by atoms with van der Waals surface area (Å²) >= 11 is 6.45. The highest BCUT2D eigenvalue weighted by Gasteiger charge is 2.48. The lowest BCUT2D eigenvalue weighted by Gasteiger charge is -2.48. The van der Waals surface area contributed by atoms with Gasteiger partial charge < -0.3 is 19.1 Å². The van der Waals surface area contributed by atoms with Gasteiger partial charge in [-0.05, 0) is 105 Å². The van der Waals surface area contributed by atoms with Gasteiger partial charge in [0.2, 0.25) is 10.0 Å². The van der Waals surface area contributed by atoms with E-state index in [4.69, 9.17) is 25.8 Å². The highest BCUT2D eigenvalue weighted by Crippen LogP contribution is 2.49. The van der Waals surface area contributed by atoms with Crippen LogP contribution in [0.25, 0.3) is 0 Å². The Labute approximate surface area is 290 Å². The predicted octanol–water partition coefficient (Wildman–Crippen LogP) is 6.31. The summed E-state index contributed by atoms with van der Waals surface area (Å²) in [6.07, 6.45) is 10.0. The van der Waals surface area contributed by atoms with Gasteiger partial charge >= 0.3 is 0 Å². The first kappa shape index (κ1) is 34.8. The van der Waals surface area contributed by atoms with E-state index < -0.39 is 26.8 Å². The summed E-state index contributed by atoms with van der Waals surface area (Å²) in [5.41, 5.74) is 2.47. The Bertz CT molecular complexity index is 1730. The number of rotatable bonds is 3. The van der Waals surface area contributed by atoms with E-state index in [0.717, 1.165) is 42.8 Å². The van der Waals surface area contributed by atoms with Crippen LogP contribution in [0, 0.1) is 29.6 Å². The quantitative estimate of drug-likeness (QED) is 0.229. The molecule has 1 amide bonds. The first-order chi connectivity index (χ1) is 23.0. The molecule has 0 radical (unpaired) electrons. The van der Waals surface area contributed by atoms with Crippen LogP contribution in [0.5, 0.6) is 5.75 Å². The lowest BCUT2D eigenvalue weighted by molar-refractivity contribution is -0.0351. The Morgan fingerprint density at radius 1 is 1.15 bits per heavy atom. The number of nitrogens with zero attached hydrogens (tertiary/aromatic N) is 1. The number of hydrogen-bond donors (Lipinski definition) is 1. The van der Waals surface area contributed by atoms with Crippen molar-refractivity contribution in [3.8, 4) is 17.6 Å². The van der Waals surface area contributed by atoms with E-state index in [9.17, 15) is 13.2 Å². The Morgan fingerprint density at radius 3 is 2.73 bits per heavy atom. The normalized spacial score (nSPS) is 31.9. The van der Waals surface area contributed by atoms with Crippen LogP contribution >= 0.6 is 11.6 Å². The number of benzene rings is 2. The lowest BCUT2D eigenvalue weighted by Crippen LogP contribution is -2.52. The minimum absolute atomic E-state index is 0.116. The summed E-state index contributed by atoms with van der Waals surface area (Å²) < 4.78 is 47.5. The molecule has 0 saturated heterocycles. The molecule has 2 aliphatic carbocycles. The van der Waals surface area contributed by atoms with Crippen LogP contribution in [0.4, 0.5) is 5.69 Å². The summed E-state index contributed by atoms with van der Waals surface area (Å²) in [4.78, 5) is 15.9. The number of amides is 1. The molecular formula is C38H47ClN2O6S. The molecule has 48 heavy (non-hydrogen) atoms. The molecule has 1 fully saturated rings. The van der Waals surface area contributed by atoms with Crippen molar-refractivity contribution in [2.45, 2.75) is 75.1 Å². The molecule has 258 valence electrons. The first-order valence-corrected chi connectivity index (χ1v) is 19.0. The van der Waals surface area contributed by atoms with Crippen molar-refractivity contribution in [1.29, 1.82) is 0 Å². The summed E-state index contributed by atoms with van der Waals surface area (Å²) in [6, 6.07) is 11.5. The Kier molecular flexibility index (Phi) is 10.2. The van der Waals surface area contributed by atoms with Crippen LogP contribution in [-0.4, -0.2) is 65.7 Å². The highest BCUT2D eigenvalue weighted by atomic mass is 35.5. The van der Waals surface area contributed by atoms with Crippen LogP contribution in [-0.2, 0) is 31.3 Å². The molecule has 4 aliphatic rings. The van der Waals surface area contributed by atoms with E-state index >= 15 is 0 Å². The Hall–Kier alpha value is -3.03. The largest absolute Gasteiger partial charge is 0.490 e. The number of hydrogen-bond acceptors (Lipinski definition) is 7. The molecule has 6 atom stereocenters. The van der Waals surface area contributed by atoms with Gasteiger partial charge in [-0.1, -0.05) is 42.5 Å². The van der Waals surface area contributed by atoms with Crippen molar-refractivity contribution in [1.82, 2.24) is 4.72 Å². The third kappa shape index (κ3) is 6.74. The van der Waals surface area contributed by atoms with Gasteiger partial charge in [0.05, 0.1) is 24.2 Å². The Morgan fingerprint density at radius 2 is 1.98 bits per heavy atom. The molecule has 1 N–H and O–H groups in total. The number of sulfonamides is 1. The molecule has 6 rings (SSSR count). The third-order valence-corrected chi connectivity index (χ3v) is 13.3. The van der Waals surface area contributed by atoms with Gasteiger partial charge in [-0.2, -0.15) is 0 Å². The molecule has 8 nitrogen and oxygen atoms in total. The standard InChI is InChI=1S/C38H47ClN2O6S/c1-26-9-7-19-38(46-4,18-5-6-20-45-3)33-14-11-30(33)23-41-24-37(17-8-10-28-21-31(39)13-15-32(28)37)25-47-35-16-12-29(22-34(35)41)36(42)40-48(43,44)27(26)2/h7,12-13,15-16,19,21-22,26-27,30,33H,6,8-11,14,17,20,23-25H2,1-4H3,(H,40,42)/b19-7+/t26-,27+,30-,33+,37-,38-/m0/s1. The SMILES string of the molecule is COCCC#C[C@]1(OC)/C=C/C[C@H](C)[C@@H](C)S(=O)(=O)NC(=O)c2ccc3c(c2)N(C[C@@H]2CC[C@H]21)C[C@@]1(CCCc2cc(Cl)ccc21)CO3. The summed E-state index contributed by atoms with van der Waals surface area (Å²) in [7, 11) is -0.577. The smallest absolute Gasteiger partial charge is 0.264 e. The van der Waals surface area contributed by atoms with Crippen molar-refractivity contribution in [2.24, 2.45) is 17.8 Å².